The zero-order chi connectivity index (χ0) is 8.97. The molecule has 0 aromatic carbocycles. The van der Waals surface area contributed by atoms with Crippen LogP contribution in [0.2, 0.25) is 0 Å². The summed E-state index contributed by atoms with van der Waals surface area (Å²) in [6, 6.07) is -0.522. The predicted molar refractivity (Wildman–Crippen MR) is 42.3 cm³/mol. The molecule has 0 bridgehead atoms. The van der Waals surface area contributed by atoms with Crippen molar-refractivity contribution in [3.63, 3.8) is 0 Å². The van der Waals surface area contributed by atoms with Crippen molar-refractivity contribution in [1.82, 2.24) is 20.1 Å². The maximum Gasteiger partial charge on any atom is 0.312 e. The van der Waals surface area contributed by atoms with E-state index in [2.05, 4.69) is 15.4 Å². The van der Waals surface area contributed by atoms with Crippen molar-refractivity contribution in [2.24, 2.45) is 12.8 Å². The number of hydrogen-bond acceptors (Lipinski definition) is 3. The van der Waals surface area contributed by atoms with E-state index in [1.807, 2.05) is 0 Å². The number of aromatic nitrogens is 3. The standard InChI is InChI=1S/C6H11N5O/c1-11-4-9-5(10-11)2-3-8-6(7)12/h4H,2-3H2,1H3,(H3,7,8,12). The number of nitrogens with two attached hydrogens (primary N) is 1. The summed E-state index contributed by atoms with van der Waals surface area (Å²) in [7, 11) is 1.79. The molecule has 0 aliphatic rings. The minimum absolute atomic E-state index is 0.472. The third-order valence-electron chi connectivity index (χ3n) is 1.29. The molecule has 0 saturated heterocycles. The summed E-state index contributed by atoms with van der Waals surface area (Å²) in [5.74, 6) is 0.700. The van der Waals surface area contributed by atoms with Crippen LogP contribution in [0.1, 0.15) is 5.82 Å². The van der Waals surface area contributed by atoms with Crippen molar-refractivity contribution in [1.29, 1.82) is 0 Å². The normalized spacial score (nSPS) is 9.75. The van der Waals surface area contributed by atoms with Crippen molar-refractivity contribution >= 4 is 6.03 Å². The SMILES string of the molecule is Cn1cnc(CCNC(N)=O)n1. The van der Waals surface area contributed by atoms with Crippen molar-refractivity contribution in [3.05, 3.63) is 12.2 Å². The Balaban J connectivity index is 2.29. The lowest BCUT2D eigenvalue weighted by molar-refractivity contribution is 0.249. The molecular weight excluding hydrogens is 158 g/mol. The minimum Gasteiger partial charge on any atom is -0.352 e. The number of amides is 2. The second kappa shape index (κ2) is 3.70. The molecule has 66 valence electrons. The largest absolute Gasteiger partial charge is 0.352 e. The second-order valence-electron chi connectivity index (χ2n) is 2.38. The van der Waals surface area contributed by atoms with Gasteiger partial charge in [0.25, 0.3) is 0 Å². The fourth-order valence-electron chi connectivity index (χ4n) is 0.796. The lowest BCUT2D eigenvalue weighted by Crippen LogP contribution is -2.31. The fourth-order valence-corrected chi connectivity index (χ4v) is 0.796. The van der Waals surface area contributed by atoms with Gasteiger partial charge in [-0.25, -0.2) is 9.78 Å². The monoisotopic (exact) mass is 169 g/mol. The Morgan fingerprint density at radius 3 is 3.08 bits per heavy atom. The van der Waals surface area contributed by atoms with Crippen LogP contribution in [0.25, 0.3) is 0 Å². The number of nitrogens with zero attached hydrogens (tertiary/aromatic N) is 3. The first kappa shape index (κ1) is 8.51. The lowest BCUT2D eigenvalue weighted by atomic mass is 10.4. The third kappa shape index (κ3) is 2.57. The quantitative estimate of drug-likeness (QED) is 0.610. The molecule has 0 atom stereocenters. The first-order chi connectivity index (χ1) is 5.68. The average molecular weight is 169 g/mol. The molecule has 1 aromatic heterocycles. The number of aryl methyl sites for hydroxylation is 1. The van der Waals surface area contributed by atoms with E-state index in [1.165, 1.54) is 0 Å². The molecule has 0 aliphatic heterocycles. The molecule has 0 fully saturated rings. The van der Waals surface area contributed by atoms with E-state index in [9.17, 15) is 4.79 Å². The van der Waals surface area contributed by atoms with E-state index in [0.29, 0.717) is 18.8 Å². The Morgan fingerprint density at radius 2 is 2.58 bits per heavy atom. The van der Waals surface area contributed by atoms with Gasteiger partial charge in [0.2, 0.25) is 0 Å². The molecule has 0 spiro atoms. The van der Waals surface area contributed by atoms with Gasteiger partial charge >= 0.3 is 6.03 Å². The first-order valence-electron chi connectivity index (χ1n) is 3.56. The van der Waals surface area contributed by atoms with Crippen molar-refractivity contribution in [2.45, 2.75) is 6.42 Å². The van der Waals surface area contributed by atoms with Gasteiger partial charge in [-0.1, -0.05) is 0 Å². The highest BCUT2D eigenvalue weighted by molar-refractivity contribution is 5.71. The molecule has 6 heteroatoms. The van der Waals surface area contributed by atoms with Crippen molar-refractivity contribution in [2.75, 3.05) is 6.54 Å². The molecule has 0 unspecified atom stereocenters. The average Bonchev–Trinajstić information content (AvgIpc) is 2.35. The van der Waals surface area contributed by atoms with Crippen molar-refractivity contribution < 1.29 is 4.79 Å². The Bertz CT molecular complexity index is 269. The van der Waals surface area contributed by atoms with E-state index < -0.39 is 6.03 Å². The molecule has 1 heterocycles. The summed E-state index contributed by atoms with van der Waals surface area (Å²) in [6.45, 7) is 0.472. The summed E-state index contributed by atoms with van der Waals surface area (Å²) in [4.78, 5) is 14.2. The van der Waals surface area contributed by atoms with Crippen LogP contribution in [0.15, 0.2) is 6.33 Å². The maximum absolute atomic E-state index is 10.3. The molecule has 2 amide bonds. The summed E-state index contributed by atoms with van der Waals surface area (Å²) in [6.07, 6.45) is 2.21. The van der Waals surface area contributed by atoms with Gasteiger partial charge in [-0.15, -0.1) is 0 Å². The molecule has 1 aromatic rings. The number of rotatable bonds is 3. The molecule has 0 saturated carbocycles. The Labute approximate surface area is 69.8 Å². The highest BCUT2D eigenvalue weighted by Crippen LogP contribution is 1.87. The van der Waals surface area contributed by atoms with Crippen LogP contribution in [0.4, 0.5) is 4.79 Å². The predicted octanol–water partition coefficient (Wildman–Crippen LogP) is -0.974. The Morgan fingerprint density at radius 1 is 1.83 bits per heavy atom. The smallest absolute Gasteiger partial charge is 0.312 e. The van der Waals surface area contributed by atoms with Crippen LogP contribution in [0.5, 0.6) is 0 Å². The molecule has 0 radical (unpaired) electrons. The van der Waals surface area contributed by atoms with Crippen LogP contribution in [-0.4, -0.2) is 27.3 Å². The van der Waals surface area contributed by atoms with E-state index in [4.69, 9.17) is 5.73 Å². The number of carbonyl (C=O) groups excluding carboxylic acids is 1. The third-order valence-corrected chi connectivity index (χ3v) is 1.29. The number of carbonyl (C=O) groups is 1. The lowest BCUT2D eigenvalue weighted by Gasteiger charge is -1.96. The van der Waals surface area contributed by atoms with Gasteiger partial charge < -0.3 is 11.1 Å². The van der Waals surface area contributed by atoms with E-state index in [0.717, 1.165) is 0 Å². The second-order valence-corrected chi connectivity index (χ2v) is 2.38. The number of hydrogen-bond donors (Lipinski definition) is 2. The summed E-state index contributed by atoms with van der Waals surface area (Å²) in [5, 5.41) is 6.47. The number of primary amides is 1. The van der Waals surface area contributed by atoms with Gasteiger partial charge in [0.15, 0.2) is 5.82 Å². The summed E-state index contributed by atoms with van der Waals surface area (Å²) in [5.41, 5.74) is 4.87. The highest BCUT2D eigenvalue weighted by Gasteiger charge is 1.98. The zero-order valence-electron chi connectivity index (χ0n) is 6.82. The summed E-state index contributed by atoms with van der Waals surface area (Å²) < 4.78 is 1.61. The van der Waals surface area contributed by atoms with E-state index in [1.54, 1.807) is 18.1 Å². The van der Waals surface area contributed by atoms with Crippen LogP contribution in [0.3, 0.4) is 0 Å². The first-order valence-corrected chi connectivity index (χ1v) is 3.56. The number of urea groups is 1. The number of nitrogens with one attached hydrogen (secondary N) is 1. The highest BCUT2D eigenvalue weighted by atomic mass is 16.2. The van der Waals surface area contributed by atoms with E-state index >= 15 is 0 Å². The molecule has 1 rings (SSSR count). The molecule has 0 aliphatic carbocycles. The molecular formula is C6H11N5O. The zero-order valence-corrected chi connectivity index (χ0v) is 6.82. The van der Waals surface area contributed by atoms with Crippen LogP contribution < -0.4 is 11.1 Å². The van der Waals surface area contributed by atoms with Gasteiger partial charge in [-0.2, -0.15) is 5.10 Å². The van der Waals surface area contributed by atoms with Gasteiger partial charge in [-0.05, 0) is 0 Å². The van der Waals surface area contributed by atoms with Crippen LogP contribution >= 0.6 is 0 Å². The molecule has 6 nitrogen and oxygen atoms in total. The van der Waals surface area contributed by atoms with Gasteiger partial charge in [0.05, 0.1) is 0 Å². The maximum atomic E-state index is 10.3. The Hall–Kier alpha value is -1.59. The fraction of sp³-hybridized carbons (Fsp3) is 0.500. The minimum atomic E-state index is -0.522. The van der Waals surface area contributed by atoms with Crippen molar-refractivity contribution in [3.8, 4) is 0 Å². The summed E-state index contributed by atoms with van der Waals surface area (Å²) >= 11 is 0. The van der Waals surface area contributed by atoms with Gasteiger partial charge in [0.1, 0.15) is 6.33 Å². The Kier molecular flexibility index (Phi) is 2.62. The van der Waals surface area contributed by atoms with Crippen LogP contribution in [0, 0.1) is 0 Å². The van der Waals surface area contributed by atoms with Gasteiger partial charge in [0, 0.05) is 20.0 Å². The molecule has 3 N–H and O–H groups in total. The van der Waals surface area contributed by atoms with Crippen LogP contribution in [-0.2, 0) is 13.5 Å². The van der Waals surface area contributed by atoms with E-state index in [-0.39, 0.29) is 0 Å². The topological polar surface area (TPSA) is 85.8 Å². The van der Waals surface area contributed by atoms with Gasteiger partial charge in [-0.3, -0.25) is 4.68 Å². The molecule has 12 heavy (non-hydrogen) atoms.